The summed E-state index contributed by atoms with van der Waals surface area (Å²) in [6.45, 7) is 4.31. The van der Waals surface area contributed by atoms with Crippen LogP contribution in [0.2, 0.25) is 10.0 Å². The van der Waals surface area contributed by atoms with Crippen molar-refractivity contribution in [3.05, 3.63) is 33.8 Å². The van der Waals surface area contributed by atoms with Crippen LogP contribution in [0.3, 0.4) is 0 Å². The standard InChI is InChI=1S/C12H14Cl2N2O.ClH/c1-8-7-16(3-2-15-8)12(17)9-4-10(13)6-11(14)5-9;/h4-6,8,15H,2-3,7H2,1H3;1H. The number of carbonyl (C=O) groups excluding carboxylic acids is 1. The van der Waals surface area contributed by atoms with Gasteiger partial charge >= 0.3 is 0 Å². The van der Waals surface area contributed by atoms with Crippen LogP contribution in [0, 0.1) is 0 Å². The van der Waals surface area contributed by atoms with Crippen LogP contribution >= 0.6 is 35.6 Å². The molecule has 0 saturated carbocycles. The number of nitrogens with one attached hydrogen (secondary N) is 1. The van der Waals surface area contributed by atoms with Crippen molar-refractivity contribution in [3.8, 4) is 0 Å². The van der Waals surface area contributed by atoms with Gasteiger partial charge in [-0.25, -0.2) is 0 Å². The van der Waals surface area contributed by atoms with Gasteiger partial charge in [-0.15, -0.1) is 12.4 Å². The molecule has 1 amide bonds. The Kier molecular flexibility index (Phi) is 5.73. The number of piperazine rings is 1. The van der Waals surface area contributed by atoms with Gasteiger partial charge in [0.15, 0.2) is 0 Å². The number of benzene rings is 1. The van der Waals surface area contributed by atoms with Crippen LogP contribution in [-0.2, 0) is 0 Å². The maximum Gasteiger partial charge on any atom is 0.254 e. The fourth-order valence-electron chi connectivity index (χ4n) is 1.98. The van der Waals surface area contributed by atoms with E-state index >= 15 is 0 Å². The molecule has 1 aromatic rings. The van der Waals surface area contributed by atoms with Gasteiger partial charge in [-0.1, -0.05) is 23.2 Å². The molecular formula is C12H15Cl3N2O. The highest BCUT2D eigenvalue weighted by molar-refractivity contribution is 6.35. The second-order valence-electron chi connectivity index (χ2n) is 4.26. The lowest BCUT2D eigenvalue weighted by atomic mass is 10.1. The molecule has 1 heterocycles. The fourth-order valence-corrected chi connectivity index (χ4v) is 2.50. The minimum absolute atomic E-state index is 0. The summed E-state index contributed by atoms with van der Waals surface area (Å²) >= 11 is 11.8. The normalized spacial score (nSPS) is 19.3. The Morgan fingerprint density at radius 2 is 1.94 bits per heavy atom. The van der Waals surface area contributed by atoms with Crippen molar-refractivity contribution in [1.82, 2.24) is 10.2 Å². The molecule has 1 saturated heterocycles. The van der Waals surface area contributed by atoms with Crippen molar-refractivity contribution >= 4 is 41.5 Å². The fraction of sp³-hybridized carbons (Fsp3) is 0.417. The average Bonchev–Trinajstić information content (AvgIpc) is 2.26. The van der Waals surface area contributed by atoms with Gasteiger partial charge in [-0.2, -0.15) is 0 Å². The number of carbonyl (C=O) groups is 1. The summed E-state index contributed by atoms with van der Waals surface area (Å²) in [6, 6.07) is 5.26. The van der Waals surface area contributed by atoms with Gasteiger partial charge in [-0.3, -0.25) is 4.79 Å². The first-order valence-electron chi connectivity index (χ1n) is 5.55. The molecule has 0 bridgehead atoms. The van der Waals surface area contributed by atoms with Crippen LogP contribution in [0.15, 0.2) is 18.2 Å². The molecule has 1 unspecified atom stereocenters. The number of hydrogen-bond donors (Lipinski definition) is 1. The Balaban J connectivity index is 0.00000162. The Labute approximate surface area is 123 Å². The second-order valence-corrected chi connectivity index (χ2v) is 5.14. The van der Waals surface area contributed by atoms with E-state index in [2.05, 4.69) is 12.2 Å². The van der Waals surface area contributed by atoms with Crippen molar-refractivity contribution in [3.63, 3.8) is 0 Å². The first-order chi connectivity index (χ1) is 8.06. The average molecular weight is 310 g/mol. The third kappa shape index (κ3) is 3.75. The van der Waals surface area contributed by atoms with E-state index < -0.39 is 0 Å². The molecule has 2 rings (SSSR count). The lowest BCUT2D eigenvalue weighted by Crippen LogP contribution is -2.51. The van der Waals surface area contributed by atoms with E-state index in [1.165, 1.54) is 0 Å². The molecule has 6 heteroatoms. The van der Waals surface area contributed by atoms with Gasteiger partial charge in [-0.05, 0) is 25.1 Å². The monoisotopic (exact) mass is 308 g/mol. The van der Waals surface area contributed by atoms with Gasteiger partial charge < -0.3 is 10.2 Å². The first kappa shape index (κ1) is 15.6. The summed E-state index contributed by atoms with van der Waals surface area (Å²) in [5.41, 5.74) is 0.552. The van der Waals surface area contributed by atoms with E-state index in [-0.39, 0.29) is 18.3 Å². The molecule has 1 N–H and O–H groups in total. The van der Waals surface area contributed by atoms with Crippen LogP contribution in [-0.4, -0.2) is 36.5 Å². The van der Waals surface area contributed by atoms with Gasteiger partial charge in [0.2, 0.25) is 0 Å². The van der Waals surface area contributed by atoms with E-state index in [0.717, 1.165) is 6.54 Å². The molecule has 3 nitrogen and oxygen atoms in total. The number of amides is 1. The molecule has 18 heavy (non-hydrogen) atoms. The topological polar surface area (TPSA) is 32.3 Å². The molecule has 0 spiro atoms. The van der Waals surface area contributed by atoms with E-state index in [1.807, 2.05) is 4.90 Å². The van der Waals surface area contributed by atoms with Crippen molar-refractivity contribution in [2.75, 3.05) is 19.6 Å². The molecule has 100 valence electrons. The SMILES string of the molecule is CC1CN(C(=O)c2cc(Cl)cc(Cl)c2)CCN1.Cl. The van der Waals surface area contributed by atoms with E-state index in [1.54, 1.807) is 18.2 Å². The number of hydrogen-bond acceptors (Lipinski definition) is 2. The van der Waals surface area contributed by atoms with Crippen molar-refractivity contribution in [2.24, 2.45) is 0 Å². The molecule has 0 aromatic heterocycles. The van der Waals surface area contributed by atoms with Gasteiger partial charge in [0.1, 0.15) is 0 Å². The molecule has 0 radical (unpaired) electrons. The zero-order valence-electron chi connectivity index (χ0n) is 9.95. The first-order valence-corrected chi connectivity index (χ1v) is 6.30. The highest BCUT2D eigenvalue weighted by atomic mass is 35.5. The molecule has 1 fully saturated rings. The second kappa shape index (κ2) is 6.62. The largest absolute Gasteiger partial charge is 0.336 e. The molecule has 1 aliphatic heterocycles. The lowest BCUT2D eigenvalue weighted by molar-refractivity contribution is 0.0709. The van der Waals surface area contributed by atoms with Gasteiger partial charge in [0, 0.05) is 41.3 Å². The highest BCUT2D eigenvalue weighted by Gasteiger charge is 2.21. The predicted octanol–water partition coefficient (Wildman–Crippen LogP) is 2.85. The van der Waals surface area contributed by atoms with Crippen LogP contribution in [0.1, 0.15) is 17.3 Å². The van der Waals surface area contributed by atoms with E-state index in [9.17, 15) is 4.79 Å². The van der Waals surface area contributed by atoms with Crippen LogP contribution in [0.25, 0.3) is 0 Å². The number of nitrogens with zero attached hydrogens (tertiary/aromatic N) is 1. The molecular weight excluding hydrogens is 295 g/mol. The van der Waals surface area contributed by atoms with E-state index in [4.69, 9.17) is 23.2 Å². The predicted molar refractivity (Wildman–Crippen MR) is 77.1 cm³/mol. The molecule has 1 aliphatic rings. The summed E-state index contributed by atoms with van der Waals surface area (Å²) in [5, 5.41) is 4.27. The van der Waals surface area contributed by atoms with Gasteiger partial charge in [0.05, 0.1) is 0 Å². The molecule has 0 aliphatic carbocycles. The quantitative estimate of drug-likeness (QED) is 0.865. The third-order valence-corrected chi connectivity index (χ3v) is 3.20. The summed E-state index contributed by atoms with van der Waals surface area (Å²) in [6.07, 6.45) is 0. The smallest absolute Gasteiger partial charge is 0.254 e. The van der Waals surface area contributed by atoms with E-state index in [0.29, 0.717) is 34.7 Å². The van der Waals surface area contributed by atoms with Crippen LogP contribution in [0.5, 0.6) is 0 Å². The number of halogens is 3. The number of rotatable bonds is 1. The van der Waals surface area contributed by atoms with Crippen molar-refractivity contribution < 1.29 is 4.79 Å². The molecule has 1 atom stereocenters. The van der Waals surface area contributed by atoms with Crippen LogP contribution in [0.4, 0.5) is 0 Å². The maximum absolute atomic E-state index is 12.2. The summed E-state index contributed by atoms with van der Waals surface area (Å²) in [7, 11) is 0. The van der Waals surface area contributed by atoms with Crippen molar-refractivity contribution in [2.45, 2.75) is 13.0 Å². The summed E-state index contributed by atoms with van der Waals surface area (Å²) < 4.78 is 0. The van der Waals surface area contributed by atoms with Gasteiger partial charge in [0.25, 0.3) is 5.91 Å². The zero-order chi connectivity index (χ0) is 12.4. The summed E-state index contributed by atoms with van der Waals surface area (Å²) in [4.78, 5) is 14.1. The zero-order valence-corrected chi connectivity index (χ0v) is 12.3. The van der Waals surface area contributed by atoms with Crippen LogP contribution < -0.4 is 5.32 Å². The summed E-state index contributed by atoms with van der Waals surface area (Å²) in [5.74, 6) is -0.0113. The Bertz CT molecular complexity index is 419. The molecule has 1 aromatic carbocycles. The maximum atomic E-state index is 12.2. The minimum atomic E-state index is -0.0113. The lowest BCUT2D eigenvalue weighted by Gasteiger charge is -2.32. The minimum Gasteiger partial charge on any atom is -0.336 e. The Morgan fingerprint density at radius 3 is 2.50 bits per heavy atom. The van der Waals surface area contributed by atoms with Crippen molar-refractivity contribution in [1.29, 1.82) is 0 Å². The highest BCUT2D eigenvalue weighted by Crippen LogP contribution is 2.20. The third-order valence-electron chi connectivity index (χ3n) is 2.77. The Hall–Kier alpha value is -0.480. The Morgan fingerprint density at radius 1 is 1.33 bits per heavy atom.